The average Bonchev–Trinajstić information content (AvgIpc) is 2.74. The third-order valence-electron chi connectivity index (χ3n) is 3.73. The van der Waals surface area contributed by atoms with Crippen LogP contribution in [-0.4, -0.2) is 47.2 Å². The number of hydrogen-bond acceptors (Lipinski definition) is 5. The first-order valence-corrected chi connectivity index (χ1v) is 6.83. The van der Waals surface area contributed by atoms with Gasteiger partial charge in [0.15, 0.2) is 11.6 Å². The van der Waals surface area contributed by atoms with Crippen molar-refractivity contribution >= 4 is 0 Å². The normalized spacial score (nSPS) is 49.0. The van der Waals surface area contributed by atoms with E-state index in [4.69, 9.17) is 18.9 Å². The summed E-state index contributed by atoms with van der Waals surface area (Å²) in [5, 5.41) is 10.2. The standard InChI is InChI=1S/C14H22O5/c1-13(2)16-9-7-5-6-8(15)10-12(11(9)18-13)19-14(3,4)17-10/h5,7-12,15H,6H2,1-4H3/b7-5-/t8-,9+,10-,11-,12-/m1/s1. The Labute approximate surface area is 113 Å². The van der Waals surface area contributed by atoms with Crippen LogP contribution in [0.2, 0.25) is 0 Å². The van der Waals surface area contributed by atoms with Crippen molar-refractivity contribution in [3.63, 3.8) is 0 Å². The molecule has 5 atom stereocenters. The van der Waals surface area contributed by atoms with Crippen LogP contribution >= 0.6 is 0 Å². The maximum atomic E-state index is 10.2. The van der Waals surface area contributed by atoms with Gasteiger partial charge in [-0.05, 0) is 34.1 Å². The van der Waals surface area contributed by atoms with Gasteiger partial charge in [0.05, 0.1) is 6.10 Å². The molecule has 0 saturated carbocycles. The van der Waals surface area contributed by atoms with Crippen LogP contribution < -0.4 is 0 Å². The van der Waals surface area contributed by atoms with Crippen molar-refractivity contribution in [1.29, 1.82) is 0 Å². The first-order chi connectivity index (χ1) is 8.77. The summed E-state index contributed by atoms with van der Waals surface area (Å²) in [6.45, 7) is 7.48. The SMILES string of the molecule is CC1(C)O[C@@H]2[C@H](O1)[C@H](O)C/C=C\[C@@H]1OC(C)(C)O[C@@H]21. The largest absolute Gasteiger partial charge is 0.390 e. The Hall–Kier alpha value is -0.460. The molecule has 0 radical (unpaired) electrons. The summed E-state index contributed by atoms with van der Waals surface area (Å²) < 4.78 is 23.6. The highest BCUT2D eigenvalue weighted by Crippen LogP contribution is 2.41. The van der Waals surface area contributed by atoms with Crippen LogP contribution in [0.25, 0.3) is 0 Å². The van der Waals surface area contributed by atoms with Gasteiger partial charge >= 0.3 is 0 Å². The second-order valence-electron chi connectivity index (χ2n) is 6.36. The summed E-state index contributed by atoms with van der Waals surface area (Å²) in [6, 6.07) is 0. The Morgan fingerprint density at radius 2 is 1.47 bits per heavy atom. The van der Waals surface area contributed by atoms with Crippen LogP contribution in [0.4, 0.5) is 0 Å². The molecular formula is C14H22O5. The highest BCUT2D eigenvalue weighted by molar-refractivity contribution is 5.08. The van der Waals surface area contributed by atoms with Crippen molar-refractivity contribution in [2.24, 2.45) is 0 Å². The minimum absolute atomic E-state index is 0.160. The summed E-state index contributed by atoms with van der Waals surface area (Å²) in [6.07, 6.45) is 2.71. The summed E-state index contributed by atoms with van der Waals surface area (Å²) in [5.74, 6) is -1.35. The number of aliphatic hydroxyl groups is 1. The van der Waals surface area contributed by atoms with Gasteiger partial charge in [0.25, 0.3) is 0 Å². The minimum atomic E-state index is -0.707. The first kappa shape index (κ1) is 13.5. The van der Waals surface area contributed by atoms with Gasteiger partial charge in [-0.2, -0.15) is 0 Å². The van der Waals surface area contributed by atoms with Crippen molar-refractivity contribution in [2.75, 3.05) is 0 Å². The Bertz CT molecular complexity index is 389. The molecule has 5 nitrogen and oxygen atoms in total. The molecule has 1 aliphatic carbocycles. The molecule has 0 aromatic heterocycles. The number of rotatable bonds is 0. The Morgan fingerprint density at radius 3 is 2.21 bits per heavy atom. The van der Waals surface area contributed by atoms with Gasteiger partial charge in [-0.25, -0.2) is 0 Å². The van der Waals surface area contributed by atoms with Crippen molar-refractivity contribution in [3.05, 3.63) is 12.2 Å². The van der Waals surface area contributed by atoms with E-state index < -0.39 is 17.7 Å². The van der Waals surface area contributed by atoms with E-state index in [1.165, 1.54) is 0 Å². The molecule has 3 rings (SSSR count). The quantitative estimate of drug-likeness (QED) is 0.673. The van der Waals surface area contributed by atoms with E-state index in [2.05, 4.69) is 0 Å². The third-order valence-corrected chi connectivity index (χ3v) is 3.73. The lowest BCUT2D eigenvalue weighted by Gasteiger charge is -2.28. The molecule has 19 heavy (non-hydrogen) atoms. The van der Waals surface area contributed by atoms with Gasteiger partial charge in [-0.15, -0.1) is 0 Å². The highest BCUT2D eigenvalue weighted by atomic mass is 16.8. The zero-order valence-corrected chi connectivity index (χ0v) is 11.8. The Kier molecular flexibility index (Phi) is 3.04. The summed E-state index contributed by atoms with van der Waals surface area (Å²) in [7, 11) is 0. The van der Waals surface area contributed by atoms with Crippen LogP contribution in [-0.2, 0) is 18.9 Å². The van der Waals surface area contributed by atoms with E-state index in [1.54, 1.807) is 0 Å². The molecule has 2 heterocycles. The lowest BCUT2D eigenvalue weighted by molar-refractivity contribution is -0.175. The van der Waals surface area contributed by atoms with E-state index in [9.17, 15) is 5.11 Å². The number of ether oxygens (including phenoxy) is 4. The topological polar surface area (TPSA) is 57.2 Å². The van der Waals surface area contributed by atoms with E-state index >= 15 is 0 Å². The molecule has 2 saturated heterocycles. The fourth-order valence-electron chi connectivity index (χ4n) is 3.08. The molecular weight excluding hydrogens is 248 g/mol. The van der Waals surface area contributed by atoms with Gasteiger partial charge in [0, 0.05) is 0 Å². The summed E-state index contributed by atoms with van der Waals surface area (Å²) in [4.78, 5) is 0. The van der Waals surface area contributed by atoms with Crippen molar-refractivity contribution in [3.8, 4) is 0 Å². The fraction of sp³-hybridized carbons (Fsp3) is 0.857. The van der Waals surface area contributed by atoms with E-state index in [-0.39, 0.29) is 24.4 Å². The minimum Gasteiger partial charge on any atom is -0.390 e. The molecule has 108 valence electrons. The zero-order valence-electron chi connectivity index (χ0n) is 11.8. The van der Waals surface area contributed by atoms with E-state index in [0.29, 0.717) is 6.42 Å². The molecule has 2 fully saturated rings. The van der Waals surface area contributed by atoms with Crippen LogP contribution in [0.15, 0.2) is 12.2 Å². The predicted octanol–water partition coefficient (Wildman–Crippen LogP) is 1.35. The second kappa shape index (κ2) is 4.27. The van der Waals surface area contributed by atoms with Crippen LogP contribution in [0, 0.1) is 0 Å². The first-order valence-electron chi connectivity index (χ1n) is 6.83. The lowest BCUT2D eigenvalue weighted by atomic mass is 9.94. The van der Waals surface area contributed by atoms with Crippen molar-refractivity contribution in [2.45, 2.75) is 76.2 Å². The Morgan fingerprint density at radius 1 is 0.895 bits per heavy atom. The molecule has 0 aromatic rings. The molecule has 0 spiro atoms. The van der Waals surface area contributed by atoms with Crippen LogP contribution in [0.3, 0.4) is 0 Å². The number of hydrogen-bond donors (Lipinski definition) is 1. The fourth-order valence-corrected chi connectivity index (χ4v) is 3.08. The predicted molar refractivity (Wildman–Crippen MR) is 67.4 cm³/mol. The zero-order chi connectivity index (χ0) is 13.8. The van der Waals surface area contributed by atoms with Gasteiger partial charge in [-0.3, -0.25) is 0 Å². The van der Waals surface area contributed by atoms with Crippen LogP contribution in [0.1, 0.15) is 34.1 Å². The smallest absolute Gasteiger partial charge is 0.164 e. The molecule has 0 aromatic carbocycles. The van der Waals surface area contributed by atoms with Gasteiger partial charge in [0.2, 0.25) is 0 Å². The Balaban J connectivity index is 1.92. The molecule has 1 N–H and O–H groups in total. The van der Waals surface area contributed by atoms with Crippen molar-refractivity contribution < 1.29 is 24.1 Å². The maximum Gasteiger partial charge on any atom is 0.164 e. The number of aliphatic hydroxyl groups excluding tert-OH is 1. The van der Waals surface area contributed by atoms with Gasteiger partial charge in [-0.1, -0.05) is 12.2 Å². The molecule has 3 aliphatic rings. The lowest BCUT2D eigenvalue weighted by Crippen LogP contribution is -2.47. The average molecular weight is 270 g/mol. The summed E-state index contributed by atoms with van der Waals surface area (Å²) >= 11 is 0. The van der Waals surface area contributed by atoms with Gasteiger partial charge < -0.3 is 24.1 Å². The summed E-state index contributed by atoms with van der Waals surface area (Å²) in [5.41, 5.74) is 0. The molecule has 0 amide bonds. The highest BCUT2D eigenvalue weighted by Gasteiger charge is 2.55. The van der Waals surface area contributed by atoms with E-state index in [0.717, 1.165) is 0 Å². The number of fused-ring (bicyclic) bond motifs is 3. The van der Waals surface area contributed by atoms with E-state index in [1.807, 2.05) is 39.8 Å². The molecule has 0 unspecified atom stereocenters. The van der Waals surface area contributed by atoms with Crippen LogP contribution in [0.5, 0.6) is 0 Å². The monoisotopic (exact) mass is 270 g/mol. The molecule has 0 bridgehead atoms. The van der Waals surface area contributed by atoms with Gasteiger partial charge in [0.1, 0.15) is 24.4 Å². The molecule has 5 heteroatoms. The molecule has 2 aliphatic heterocycles. The third kappa shape index (κ3) is 2.45. The maximum absolute atomic E-state index is 10.2. The second-order valence-corrected chi connectivity index (χ2v) is 6.36. The van der Waals surface area contributed by atoms with Crippen molar-refractivity contribution in [1.82, 2.24) is 0 Å².